The highest BCUT2D eigenvalue weighted by Crippen LogP contribution is 2.22. The molecule has 5 heteroatoms. The second-order valence-electron chi connectivity index (χ2n) is 4.81. The summed E-state index contributed by atoms with van der Waals surface area (Å²) in [4.78, 5) is 13.5. The average molecular weight is 219 g/mol. The maximum Gasteiger partial charge on any atom is 0.225 e. The van der Waals surface area contributed by atoms with Crippen LogP contribution in [-0.2, 0) is 13.1 Å². The van der Waals surface area contributed by atoms with E-state index in [0.717, 1.165) is 38.5 Å². The first-order valence-electron chi connectivity index (χ1n) is 5.76. The van der Waals surface area contributed by atoms with Crippen molar-refractivity contribution in [2.24, 2.45) is 5.73 Å². The predicted molar refractivity (Wildman–Crippen MR) is 62.0 cm³/mol. The van der Waals surface area contributed by atoms with E-state index in [0.29, 0.717) is 0 Å². The molecule has 0 aromatic carbocycles. The molecule has 1 aromatic heterocycles. The van der Waals surface area contributed by atoms with Crippen LogP contribution in [0.25, 0.3) is 0 Å². The highest BCUT2D eigenvalue weighted by Gasteiger charge is 2.24. The van der Waals surface area contributed by atoms with Gasteiger partial charge in [0.1, 0.15) is 0 Å². The van der Waals surface area contributed by atoms with Crippen molar-refractivity contribution >= 4 is 5.95 Å². The van der Waals surface area contributed by atoms with Crippen LogP contribution in [0.4, 0.5) is 5.95 Å². The minimum absolute atomic E-state index is 0.277. The Kier molecular flexibility index (Phi) is 2.29. The van der Waals surface area contributed by atoms with E-state index in [1.165, 1.54) is 11.3 Å². The third kappa shape index (κ3) is 1.66. The van der Waals surface area contributed by atoms with Crippen molar-refractivity contribution in [1.82, 2.24) is 14.9 Å². The summed E-state index contributed by atoms with van der Waals surface area (Å²) in [7, 11) is 2.10. The average Bonchev–Trinajstić information content (AvgIpc) is 2.81. The molecule has 2 aliphatic rings. The van der Waals surface area contributed by atoms with Gasteiger partial charge in [0.05, 0.1) is 5.69 Å². The molecule has 0 spiro atoms. The molecule has 1 atom stereocenters. The molecule has 0 bridgehead atoms. The van der Waals surface area contributed by atoms with Crippen molar-refractivity contribution in [2.75, 3.05) is 25.0 Å². The highest BCUT2D eigenvalue weighted by atomic mass is 15.3. The van der Waals surface area contributed by atoms with E-state index in [4.69, 9.17) is 5.73 Å². The van der Waals surface area contributed by atoms with Crippen LogP contribution < -0.4 is 10.6 Å². The Morgan fingerprint density at radius 1 is 1.44 bits per heavy atom. The third-order valence-corrected chi connectivity index (χ3v) is 3.31. The van der Waals surface area contributed by atoms with Crippen LogP contribution in [0.5, 0.6) is 0 Å². The van der Waals surface area contributed by atoms with E-state index in [9.17, 15) is 0 Å². The number of fused-ring (bicyclic) bond motifs is 1. The van der Waals surface area contributed by atoms with Gasteiger partial charge in [0, 0.05) is 44.0 Å². The fraction of sp³-hybridized carbons (Fsp3) is 0.636. The Morgan fingerprint density at radius 2 is 2.31 bits per heavy atom. The Morgan fingerprint density at radius 3 is 3.06 bits per heavy atom. The largest absolute Gasteiger partial charge is 0.339 e. The van der Waals surface area contributed by atoms with Gasteiger partial charge in [-0.1, -0.05) is 0 Å². The van der Waals surface area contributed by atoms with Crippen molar-refractivity contribution in [3.05, 3.63) is 17.5 Å². The molecule has 16 heavy (non-hydrogen) atoms. The Bertz CT molecular complexity index is 405. The number of nitrogens with zero attached hydrogens (tertiary/aromatic N) is 4. The Labute approximate surface area is 95.3 Å². The zero-order chi connectivity index (χ0) is 11.1. The fourth-order valence-electron chi connectivity index (χ4n) is 2.42. The number of nitrogens with two attached hydrogens (primary N) is 1. The monoisotopic (exact) mass is 219 g/mol. The van der Waals surface area contributed by atoms with Crippen molar-refractivity contribution in [1.29, 1.82) is 0 Å². The van der Waals surface area contributed by atoms with Crippen molar-refractivity contribution in [3.63, 3.8) is 0 Å². The van der Waals surface area contributed by atoms with Crippen LogP contribution in [0.15, 0.2) is 6.20 Å². The van der Waals surface area contributed by atoms with E-state index in [1.807, 2.05) is 6.20 Å². The molecule has 0 aliphatic carbocycles. The molecule has 3 rings (SSSR count). The number of rotatable bonds is 1. The van der Waals surface area contributed by atoms with Gasteiger partial charge >= 0.3 is 0 Å². The van der Waals surface area contributed by atoms with Gasteiger partial charge < -0.3 is 10.6 Å². The minimum atomic E-state index is 0.277. The lowest BCUT2D eigenvalue weighted by atomic mass is 10.3. The van der Waals surface area contributed by atoms with Crippen LogP contribution in [0, 0.1) is 0 Å². The zero-order valence-corrected chi connectivity index (χ0v) is 9.56. The van der Waals surface area contributed by atoms with Crippen LogP contribution in [-0.4, -0.2) is 41.0 Å². The van der Waals surface area contributed by atoms with E-state index in [1.54, 1.807) is 0 Å². The molecule has 5 nitrogen and oxygen atoms in total. The maximum absolute atomic E-state index is 5.89. The summed E-state index contributed by atoms with van der Waals surface area (Å²) in [5.41, 5.74) is 8.32. The normalized spacial score (nSPS) is 25.1. The highest BCUT2D eigenvalue weighted by molar-refractivity contribution is 5.36. The maximum atomic E-state index is 5.89. The molecule has 86 valence electrons. The fourth-order valence-corrected chi connectivity index (χ4v) is 2.42. The number of hydrogen-bond donors (Lipinski definition) is 1. The lowest BCUT2D eigenvalue weighted by Crippen LogP contribution is -2.27. The lowest BCUT2D eigenvalue weighted by Gasteiger charge is -2.15. The number of anilines is 1. The first kappa shape index (κ1) is 9.99. The molecular weight excluding hydrogens is 202 g/mol. The molecular formula is C11H17N5. The van der Waals surface area contributed by atoms with Crippen LogP contribution in [0.2, 0.25) is 0 Å². The van der Waals surface area contributed by atoms with Gasteiger partial charge in [-0.15, -0.1) is 0 Å². The molecule has 1 fully saturated rings. The smallest absolute Gasteiger partial charge is 0.225 e. The van der Waals surface area contributed by atoms with Gasteiger partial charge in [-0.3, -0.25) is 4.90 Å². The molecule has 1 unspecified atom stereocenters. The van der Waals surface area contributed by atoms with E-state index >= 15 is 0 Å². The zero-order valence-electron chi connectivity index (χ0n) is 9.56. The first-order valence-corrected chi connectivity index (χ1v) is 5.76. The Balaban J connectivity index is 1.85. The van der Waals surface area contributed by atoms with Gasteiger partial charge in [-0.05, 0) is 13.5 Å². The van der Waals surface area contributed by atoms with Gasteiger partial charge in [0.25, 0.3) is 0 Å². The predicted octanol–water partition coefficient (Wildman–Crippen LogP) is -0.0406. The SMILES string of the molecule is CN1Cc2cnc(N3CCC(N)C3)nc2C1. The van der Waals surface area contributed by atoms with Crippen LogP contribution >= 0.6 is 0 Å². The van der Waals surface area contributed by atoms with E-state index in [-0.39, 0.29) is 6.04 Å². The minimum Gasteiger partial charge on any atom is -0.339 e. The summed E-state index contributed by atoms with van der Waals surface area (Å²) in [6, 6.07) is 0.277. The molecule has 0 radical (unpaired) electrons. The van der Waals surface area contributed by atoms with Crippen molar-refractivity contribution < 1.29 is 0 Å². The number of aromatic nitrogens is 2. The topological polar surface area (TPSA) is 58.3 Å². The molecule has 0 saturated carbocycles. The summed E-state index contributed by atoms with van der Waals surface area (Å²) in [5.74, 6) is 0.849. The molecule has 2 N–H and O–H groups in total. The second kappa shape index (κ2) is 3.68. The lowest BCUT2D eigenvalue weighted by molar-refractivity contribution is 0.351. The van der Waals surface area contributed by atoms with Gasteiger partial charge in [0.15, 0.2) is 0 Å². The van der Waals surface area contributed by atoms with Crippen LogP contribution in [0.1, 0.15) is 17.7 Å². The second-order valence-corrected chi connectivity index (χ2v) is 4.81. The van der Waals surface area contributed by atoms with Gasteiger partial charge in [0.2, 0.25) is 5.95 Å². The quantitative estimate of drug-likeness (QED) is 0.718. The molecule has 2 aliphatic heterocycles. The summed E-state index contributed by atoms with van der Waals surface area (Å²) in [6.45, 7) is 3.77. The van der Waals surface area contributed by atoms with Gasteiger partial charge in [-0.25, -0.2) is 9.97 Å². The number of hydrogen-bond acceptors (Lipinski definition) is 5. The van der Waals surface area contributed by atoms with E-state index in [2.05, 4.69) is 26.8 Å². The Hall–Kier alpha value is -1.20. The molecule has 0 amide bonds. The van der Waals surface area contributed by atoms with Gasteiger partial charge in [-0.2, -0.15) is 0 Å². The standard InChI is InChI=1S/C11H17N5/c1-15-5-8-4-13-11(14-10(8)7-15)16-3-2-9(12)6-16/h4,9H,2-3,5-7,12H2,1H3. The third-order valence-electron chi connectivity index (χ3n) is 3.31. The van der Waals surface area contributed by atoms with Crippen molar-refractivity contribution in [3.8, 4) is 0 Å². The van der Waals surface area contributed by atoms with Crippen molar-refractivity contribution in [2.45, 2.75) is 25.6 Å². The van der Waals surface area contributed by atoms with E-state index < -0.39 is 0 Å². The first-order chi connectivity index (χ1) is 7.72. The summed E-state index contributed by atoms with van der Waals surface area (Å²) < 4.78 is 0. The van der Waals surface area contributed by atoms with Crippen LogP contribution in [0.3, 0.4) is 0 Å². The summed E-state index contributed by atoms with van der Waals surface area (Å²) in [5, 5.41) is 0. The molecule has 3 heterocycles. The summed E-state index contributed by atoms with van der Waals surface area (Å²) in [6.07, 6.45) is 3.01. The molecule has 1 saturated heterocycles. The molecule has 1 aromatic rings. The summed E-state index contributed by atoms with van der Waals surface area (Å²) >= 11 is 0.